The van der Waals surface area contributed by atoms with Crippen molar-refractivity contribution in [3.8, 4) is 22.9 Å². The standard InChI is InChI=1S/C28H25N3O4S/c1-18-23(32)13-12-21-20(16-25(33)35-26(18)21)17-36-28-30-29-27(22-10-6-7-11-24(22)34-2)31(28)15-14-19-8-4-3-5-9-19/h3-13,16,32H,14-15,17H2,1-2H3. The molecule has 5 aromatic rings. The Bertz CT molecular complexity index is 1580. The van der Waals surface area contributed by atoms with E-state index in [9.17, 15) is 9.90 Å². The van der Waals surface area contributed by atoms with Gasteiger partial charge in [0.25, 0.3) is 0 Å². The lowest BCUT2D eigenvalue weighted by Crippen LogP contribution is -2.06. The molecule has 0 aliphatic carbocycles. The monoisotopic (exact) mass is 499 g/mol. The van der Waals surface area contributed by atoms with Crippen molar-refractivity contribution in [2.45, 2.75) is 30.8 Å². The van der Waals surface area contributed by atoms with E-state index in [4.69, 9.17) is 9.15 Å². The lowest BCUT2D eigenvalue weighted by atomic mass is 10.1. The molecule has 0 spiro atoms. The minimum atomic E-state index is -0.452. The summed E-state index contributed by atoms with van der Waals surface area (Å²) in [7, 11) is 1.64. The van der Waals surface area contributed by atoms with Gasteiger partial charge in [-0.25, -0.2) is 4.79 Å². The van der Waals surface area contributed by atoms with Gasteiger partial charge in [0, 0.05) is 29.3 Å². The fourth-order valence-electron chi connectivity index (χ4n) is 4.19. The Morgan fingerprint density at radius 2 is 1.81 bits per heavy atom. The third-order valence-corrected chi connectivity index (χ3v) is 7.12. The maximum atomic E-state index is 12.3. The van der Waals surface area contributed by atoms with Crippen molar-refractivity contribution in [1.29, 1.82) is 0 Å². The van der Waals surface area contributed by atoms with Gasteiger partial charge in [-0.15, -0.1) is 10.2 Å². The first kappa shape index (κ1) is 23.7. The highest BCUT2D eigenvalue weighted by Crippen LogP contribution is 2.34. The van der Waals surface area contributed by atoms with Crippen molar-refractivity contribution in [2.75, 3.05) is 7.11 Å². The molecule has 36 heavy (non-hydrogen) atoms. The fourth-order valence-corrected chi connectivity index (χ4v) is 5.14. The van der Waals surface area contributed by atoms with Gasteiger partial charge in [-0.05, 0) is 48.7 Å². The molecule has 0 aliphatic rings. The van der Waals surface area contributed by atoms with Gasteiger partial charge in [0.05, 0.1) is 12.7 Å². The first-order chi connectivity index (χ1) is 17.5. The first-order valence-corrected chi connectivity index (χ1v) is 12.5. The second-order valence-electron chi connectivity index (χ2n) is 8.36. The zero-order valence-electron chi connectivity index (χ0n) is 20.0. The number of rotatable bonds is 8. The predicted molar refractivity (Wildman–Crippen MR) is 141 cm³/mol. The molecule has 0 bridgehead atoms. The van der Waals surface area contributed by atoms with Crippen LogP contribution in [0.15, 0.2) is 87.2 Å². The highest BCUT2D eigenvalue weighted by molar-refractivity contribution is 7.98. The number of hydrogen-bond acceptors (Lipinski definition) is 7. The highest BCUT2D eigenvalue weighted by Gasteiger charge is 2.19. The van der Waals surface area contributed by atoms with Crippen molar-refractivity contribution >= 4 is 22.7 Å². The molecule has 0 unspecified atom stereocenters. The number of aryl methyl sites for hydroxylation is 2. The molecule has 8 heteroatoms. The maximum absolute atomic E-state index is 12.3. The minimum absolute atomic E-state index is 0.0950. The molecule has 1 N–H and O–H groups in total. The van der Waals surface area contributed by atoms with Gasteiger partial charge < -0.3 is 18.8 Å². The van der Waals surface area contributed by atoms with Gasteiger partial charge in [-0.1, -0.05) is 54.2 Å². The van der Waals surface area contributed by atoms with Gasteiger partial charge >= 0.3 is 5.63 Å². The average Bonchev–Trinajstić information content (AvgIpc) is 3.31. The Balaban J connectivity index is 1.51. The first-order valence-electron chi connectivity index (χ1n) is 11.5. The number of para-hydroxylation sites is 1. The van der Waals surface area contributed by atoms with E-state index in [1.165, 1.54) is 23.4 Å². The van der Waals surface area contributed by atoms with E-state index in [0.29, 0.717) is 23.4 Å². The van der Waals surface area contributed by atoms with Crippen LogP contribution in [0.2, 0.25) is 0 Å². The van der Waals surface area contributed by atoms with Crippen molar-refractivity contribution in [3.63, 3.8) is 0 Å². The normalized spacial score (nSPS) is 11.2. The van der Waals surface area contributed by atoms with Crippen molar-refractivity contribution in [3.05, 3.63) is 99.9 Å². The molecule has 0 saturated carbocycles. The van der Waals surface area contributed by atoms with Crippen molar-refractivity contribution < 1.29 is 14.3 Å². The third kappa shape index (κ3) is 4.72. The second kappa shape index (κ2) is 10.3. The summed E-state index contributed by atoms with van der Waals surface area (Å²) in [4.78, 5) is 12.3. The molecular weight excluding hydrogens is 474 g/mol. The van der Waals surface area contributed by atoms with E-state index in [-0.39, 0.29) is 5.75 Å². The van der Waals surface area contributed by atoms with Gasteiger partial charge in [0.2, 0.25) is 0 Å². The third-order valence-electron chi connectivity index (χ3n) is 6.11. The number of benzene rings is 3. The summed E-state index contributed by atoms with van der Waals surface area (Å²) in [5.41, 5.74) is 3.39. The summed E-state index contributed by atoms with van der Waals surface area (Å²) in [5, 5.41) is 20.6. The molecule has 5 rings (SSSR count). The molecule has 0 radical (unpaired) electrons. The number of methoxy groups -OCH3 is 1. The Kier molecular flexibility index (Phi) is 6.77. The Labute approximate surface area is 212 Å². The summed E-state index contributed by atoms with van der Waals surface area (Å²) >= 11 is 1.50. The molecule has 0 atom stereocenters. The molecular formula is C28H25N3O4S. The Morgan fingerprint density at radius 1 is 1.03 bits per heavy atom. The quantitative estimate of drug-likeness (QED) is 0.219. The predicted octanol–water partition coefficient (Wildman–Crippen LogP) is 5.61. The zero-order valence-corrected chi connectivity index (χ0v) is 20.8. The molecule has 2 heterocycles. The number of fused-ring (bicyclic) bond motifs is 1. The molecule has 0 fully saturated rings. The van der Waals surface area contributed by atoms with E-state index in [2.05, 4.69) is 26.9 Å². The highest BCUT2D eigenvalue weighted by atomic mass is 32.2. The molecule has 182 valence electrons. The second-order valence-corrected chi connectivity index (χ2v) is 9.30. The zero-order chi connectivity index (χ0) is 25.1. The van der Waals surface area contributed by atoms with Crippen LogP contribution in [0.5, 0.6) is 11.5 Å². The van der Waals surface area contributed by atoms with Crippen LogP contribution in [0, 0.1) is 6.92 Å². The number of nitrogens with zero attached hydrogens (tertiary/aromatic N) is 3. The molecule has 0 saturated heterocycles. The maximum Gasteiger partial charge on any atom is 0.336 e. The summed E-state index contributed by atoms with van der Waals surface area (Å²) < 4.78 is 13.1. The van der Waals surface area contributed by atoms with E-state index in [1.807, 2.05) is 42.5 Å². The van der Waals surface area contributed by atoms with Crippen LogP contribution in [0.4, 0.5) is 0 Å². The van der Waals surface area contributed by atoms with Crippen LogP contribution in [-0.4, -0.2) is 27.0 Å². The fraction of sp³-hybridized carbons (Fsp3) is 0.179. The number of thioether (sulfide) groups is 1. The smallest absolute Gasteiger partial charge is 0.336 e. The molecule has 3 aromatic carbocycles. The minimum Gasteiger partial charge on any atom is -0.508 e. The van der Waals surface area contributed by atoms with Crippen molar-refractivity contribution in [1.82, 2.24) is 14.8 Å². The van der Waals surface area contributed by atoms with Crippen LogP contribution in [-0.2, 0) is 18.7 Å². The Morgan fingerprint density at radius 3 is 2.61 bits per heavy atom. The van der Waals surface area contributed by atoms with E-state index in [0.717, 1.165) is 39.7 Å². The average molecular weight is 500 g/mol. The summed E-state index contributed by atoms with van der Waals surface area (Å²) in [6.07, 6.45) is 0.810. The number of phenols is 1. The van der Waals surface area contributed by atoms with Crippen LogP contribution in [0.25, 0.3) is 22.4 Å². The summed E-state index contributed by atoms with van der Waals surface area (Å²) in [6, 6.07) is 22.9. The van der Waals surface area contributed by atoms with Gasteiger partial charge in [-0.2, -0.15) is 0 Å². The number of aromatic nitrogens is 3. The van der Waals surface area contributed by atoms with Gasteiger partial charge in [-0.3, -0.25) is 0 Å². The van der Waals surface area contributed by atoms with Crippen LogP contribution < -0.4 is 10.4 Å². The lowest BCUT2D eigenvalue weighted by Gasteiger charge is -2.13. The molecule has 7 nitrogen and oxygen atoms in total. The summed E-state index contributed by atoms with van der Waals surface area (Å²) in [6.45, 7) is 2.41. The van der Waals surface area contributed by atoms with E-state index in [1.54, 1.807) is 26.2 Å². The summed E-state index contributed by atoms with van der Waals surface area (Å²) in [5.74, 6) is 2.04. The number of phenolic OH excluding ortho intramolecular Hbond substituents is 1. The largest absolute Gasteiger partial charge is 0.508 e. The lowest BCUT2D eigenvalue weighted by molar-refractivity contribution is 0.415. The number of hydrogen-bond donors (Lipinski definition) is 1. The van der Waals surface area contributed by atoms with Gasteiger partial charge in [0.15, 0.2) is 11.0 Å². The van der Waals surface area contributed by atoms with Crippen LogP contribution in [0.1, 0.15) is 16.7 Å². The van der Waals surface area contributed by atoms with Gasteiger partial charge in [0.1, 0.15) is 17.1 Å². The molecule has 2 aromatic heterocycles. The molecule has 0 aliphatic heterocycles. The van der Waals surface area contributed by atoms with E-state index >= 15 is 0 Å². The number of aromatic hydroxyl groups is 1. The Hall–Kier alpha value is -4.04. The topological polar surface area (TPSA) is 90.4 Å². The molecule has 0 amide bonds. The van der Waals surface area contributed by atoms with Crippen LogP contribution >= 0.6 is 11.8 Å². The van der Waals surface area contributed by atoms with Crippen molar-refractivity contribution in [2.24, 2.45) is 0 Å². The van der Waals surface area contributed by atoms with E-state index < -0.39 is 5.63 Å². The van der Waals surface area contributed by atoms with Crippen LogP contribution in [0.3, 0.4) is 0 Å². The SMILES string of the molecule is COc1ccccc1-c1nnc(SCc2cc(=O)oc3c(C)c(O)ccc23)n1CCc1ccccc1. The number of ether oxygens (including phenoxy) is 1.